The van der Waals surface area contributed by atoms with Crippen molar-refractivity contribution in [1.82, 2.24) is 0 Å². The largest absolute Gasteiger partial charge is 0.399 e. The van der Waals surface area contributed by atoms with Crippen molar-refractivity contribution in [3.8, 4) is 0 Å². The maximum Gasteiger partial charge on any atom is 0.0316 e. The van der Waals surface area contributed by atoms with Crippen LogP contribution >= 0.6 is 0 Å². The zero-order chi connectivity index (χ0) is 32.4. The summed E-state index contributed by atoms with van der Waals surface area (Å²) in [6, 6.07) is 31.7. The van der Waals surface area contributed by atoms with Gasteiger partial charge in [-0.15, -0.1) is 0 Å². The van der Waals surface area contributed by atoms with Crippen LogP contribution in [-0.4, -0.2) is 0 Å². The lowest BCUT2D eigenvalue weighted by atomic mass is 9.94. The van der Waals surface area contributed by atoms with Gasteiger partial charge in [-0.3, -0.25) is 0 Å². The third-order valence-corrected chi connectivity index (χ3v) is 9.58. The Labute approximate surface area is 281 Å². The minimum Gasteiger partial charge on any atom is -0.399 e. The van der Waals surface area contributed by atoms with E-state index in [4.69, 9.17) is 11.5 Å². The molecule has 0 aliphatic rings. The molecular weight excluding hydrogens is 556 g/mol. The molecule has 0 bridgehead atoms. The molecule has 0 heterocycles. The molecule has 4 rings (SSSR count). The van der Waals surface area contributed by atoms with Crippen molar-refractivity contribution in [3.63, 3.8) is 0 Å². The van der Waals surface area contributed by atoms with Crippen LogP contribution in [0.5, 0.6) is 0 Å². The van der Waals surface area contributed by atoms with Crippen LogP contribution in [0, 0.1) is 0 Å². The molecule has 2 nitrogen and oxygen atoms in total. The summed E-state index contributed by atoms with van der Waals surface area (Å²) in [5.74, 6) is 0. The summed E-state index contributed by atoms with van der Waals surface area (Å²) in [6.07, 6.45) is 22.0. The average molecular weight is 617 g/mol. The molecule has 0 saturated carbocycles. The van der Waals surface area contributed by atoms with Gasteiger partial charge < -0.3 is 11.5 Å². The second kappa shape index (κ2) is 19.9. The van der Waals surface area contributed by atoms with E-state index in [0.29, 0.717) is 0 Å². The monoisotopic (exact) mass is 616 g/mol. The molecule has 0 unspecified atom stereocenters. The minimum atomic E-state index is 0.884. The normalized spacial score (nSPS) is 11.3. The van der Waals surface area contributed by atoms with Crippen LogP contribution in [0.2, 0.25) is 0 Å². The van der Waals surface area contributed by atoms with Crippen LogP contribution in [0.1, 0.15) is 135 Å². The first-order valence-electron chi connectivity index (χ1n) is 18.4. The van der Waals surface area contributed by atoms with Crippen molar-refractivity contribution in [1.29, 1.82) is 0 Å². The maximum atomic E-state index is 6.13. The van der Waals surface area contributed by atoms with Gasteiger partial charge in [0.2, 0.25) is 0 Å². The van der Waals surface area contributed by atoms with Crippen LogP contribution < -0.4 is 11.5 Å². The van der Waals surface area contributed by atoms with Gasteiger partial charge in [-0.2, -0.15) is 0 Å². The van der Waals surface area contributed by atoms with Crippen LogP contribution in [0.15, 0.2) is 84.9 Å². The van der Waals surface area contributed by atoms with E-state index < -0.39 is 0 Å². The number of nitrogens with two attached hydrogens (primary N) is 2. The molecule has 246 valence electrons. The summed E-state index contributed by atoms with van der Waals surface area (Å²) in [7, 11) is 0. The molecule has 4 aromatic rings. The van der Waals surface area contributed by atoms with Gasteiger partial charge in [0.05, 0.1) is 0 Å². The molecule has 4 N–H and O–H groups in total. The fraction of sp³-hybridized carbons (Fsp3) is 0.455. The van der Waals surface area contributed by atoms with Gasteiger partial charge in [0.15, 0.2) is 0 Å². The molecule has 2 heteroatoms. The van der Waals surface area contributed by atoms with E-state index in [-0.39, 0.29) is 0 Å². The van der Waals surface area contributed by atoms with E-state index in [0.717, 1.165) is 37.1 Å². The van der Waals surface area contributed by atoms with E-state index in [2.05, 4.69) is 98.8 Å². The second-order valence-electron chi connectivity index (χ2n) is 13.6. The Kier molecular flexibility index (Phi) is 15.3. The lowest BCUT2D eigenvalue weighted by Crippen LogP contribution is -1.99. The average Bonchev–Trinajstić information content (AvgIpc) is 3.06. The summed E-state index contributed by atoms with van der Waals surface area (Å²) in [6.45, 7) is 4.54. The highest BCUT2D eigenvalue weighted by atomic mass is 14.5. The quantitative estimate of drug-likeness (QED) is 0.0723. The number of hydrogen-bond acceptors (Lipinski definition) is 2. The van der Waals surface area contributed by atoms with E-state index in [1.807, 2.05) is 0 Å². The Balaban J connectivity index is 1.15. The van der Waals surface area contributed by atoms with Gasteiger partial charge in [0, 0.05) is 11.4 Å². The highest BCUT2D eigenvalue weighted by Crippen LogP contribution is 2.23. The van der Waals surface area contributed by atoms with Gasteiger partial charge in [-0.1, -0.05) is 126 Å². The molecular formula is C44H60N2. The van der Waals surface area contributed by atoms with Crippen molar-refractivity contribution in [2.45, 2.75) is 129 Å². The predicted molar refractivity (Wildman–Crippen MR) is 202 cm³/mol. The highest BCUT2D eigenvalue weighted by molar-refractivity contribution is 5.47. The van der Waals surface area contributed by atoms with Crippen LogP contribution in [-0.2, 0) is 38.5 Å². The Hall–Kier alpha value is -3.52. The summed E-state index contributed by atoms with van der Waals surface area (Å²) < 4.78 is 0. The number of nitrogen functional groups attached to an aromatic ring is 2. The molecule has 0 aromatic heterocycles. The molecule has 0 amide bonds. The van der Waals surface area contributed by atoms with Gasteiger partial charge in [0.25, 0.3) is 0 Å². The molecule has 0 saturated heterocycles. The Morgan fingerprint density at radius 1 is 0.348 bits per heavy atom. The smallest absolute Gasteiger partial charge is 0.0316 e. The molecule has 0 fully saturated rings. The van der Waals surface area contributed by atoms with Gasteiger partial charge >= 0.3 is 0 Å². The maximum absolute atomic E-state index is 6.13. The van der Waals surface area contributed by atoms with Crippen molar-refractivity contribution in [3.05, 3.63) is 129 Å². The second-order valence-corrected chi connectivity index (χ2v) is 13.6. The first-order valence-corrected chi connectivity index (χ1v) is 18.4. The number of rotatable bonds is 21. The van der Waals surface area contributed by atoms with Gasteiger partial charge in [-0.25, -0.2) is 0 Å². The lowest BCUT2D eigenvalue weighted by molar-refractivity contribution is 0.640. The molecule has 0 atom stereocenters. The van der Waals surface area contributed by atoms with Gasteiger partial charge in [0.1, 0.15) is 0 Å². The van der Waals surface area contributed by atoms with Crippen LogP contribution in [0.3, 0.4) is 0 Å². The van der Waals surface area contributed by atoms with E-state index in [1.165, 1.54) is 134 Å². The van der Waals surface area contributed by atoms with Gasteiger partial charge in [-0.05, 0) is 133 Å². The molecule has 0 spiro atoms. The Morgan fingerprint density at radius 3 is 1.09 bits per heavy atom. The predicted octanol–water partition coefficient (Wildman–Crippen LogP) is 11.6. The van der Waals surface area contributed by atoms with E-state index in [9.17, 15) is 0 Å². The molecule has 4 aromatic carbocycles. The van der Waals surface area contributed by atoms with Crippen molar-refractivity contribution in [2.24, 2.45) is 0 Å². The third kappa shape index (κ3) is 12.3. The Bertz CT molecular complexity index is 1310. The summed E-state index contributed by atoms with van der Waals surface area (Å²) >= 11 is 0. The zero-order valence-corrected chi connectivity index (χ0v) is 29.0. The molecule has 0 aliphatic heterocycles. The van der Waals surface area contributed by atoms with Crippen LogP contribution in [0.25, 0.3) is 0 Å². The van der Waals surface area contributed by atoms with Crippen molar-refractivity contribution >= 4 is 11.4 Å². The first-order chi connectivity index (χ1) is 22.5. The number of hydrogen-bond donors (Lipinski definition) is 2. The fourth-order valence-electron chi connectivity index (χ4n) is 6.69. The number of benzene rings is 4. The molecule has 46 heavy (non-hydrogen) atoms. The van der Waals surface area contributed by atoms with Crippen molar-refractivity contribution in [2.75, 3.05) is 11.5 Å². The fourth-order valence-corrected chi connectivity index (χ4v) is 6.69. The third-order valence-electron chi connectivity index (χ3n) is 9.58. The van der Waals surface area contributed by atoms with Crippen molar-refractivity contribution < 1.29 is 0 Å². The molecule has 0 radical (unpaired) electrons. The van der Waals surface area contributed by atoms with E-state index >= 15 is 0 Å². The van der Waals surface area contributed by atoms with Crippen LogP contribution in [0.4, 0.5) is 11.4 Å². The zero-order valence-electron chi connectivity index (χ0n) is 29.0. The number of unbranched alkanes of at least 4 members (excludes halogenated alkanes) is 9. The number of anilines is 2. The molecule has 0 aliphatic carbocycles. The summed E-state index contributed by atoms with van der Waals surface area (Å²) in [4.78, 5) is 0. The highest BCUT2D eigenvalue weighted by Gasteiger charge is 2.07. The summed E-state index contributed by atoms with van der Waals surface area (Å²) in [5.41, 5.74) is 25.4. The minimum absolute atomic E-state index is 0.884. The summed E-state index contributed by atoms with van der Waals surface area (Å²) in [5, 5.41) is 0. The lowest BCUT2D eigenvalue weighted by Gasteiger charge is -2.12. The SMILES string of the molecule is CCCCCCc1cc(N)ccc1Cc1ccc(CCCCCCc2ccc(Cc3ccc(N)cc3CCCCCC)cc2)cc1. The number of aryl methyl sites for hydroxylation is 4. The first kappa shape index (κ1) is 35.3. The Morgan fingerprint density at radius 2 is 0.696 bits per heavy atom. The standard InChI is InChI=1S/C44H60N2/c1-3-5-7-13-17-39-33-43(45)29-27-41(39)31-37-23-19-35(20-24-37)15-11-9-10-12-16-36-21-25-38(26-22-36)32-42-28-30-44(46)34-40(42)18-14-8-6-4-2/h19-30,33-34H,3-18,31-32,45-46H2,1-2H3. The topological polar surface area (TPSA) is 52.0 Å². The van der Waals surface area contributed by atoms with E-state index in [1.54, 1.807) is 0 Å².